The van der Waals surface area contributed by atoms with Gasteiger partial charge in [0, 0.05) is 25.7 Å². The van der Waals surface area contributed by atoms with Crippen molar-refractivity contribution >= 4 is 5.78 Å². The number of carbonyl (C=O) groups is 1. The van der Waals surface area contributed by atoms with E-state index in [0.717, 1.165) is 6.54 Å². The molecule has 0 spiro atoms. The van der Waals surface area contributed by atoms with Crippen molar-refractivity contribution in [3.8, 4) is 0 Å². The van der Waals surface area contributed by atoms with Crippen LogP contribution in [0.5, 0.6) is 0 Å². The maximum atomic E-state index is 11.9. The van der Waals surface area contributed by atoms with Crippen molar-refractivity contribution in [1.29, 1.82) is 0 Å². The molecule has 0 fully saturated rings. The molecule has 0 aliphatic heterocycles. The van der Waals surface area contributed by atoms with Crippen molar-refractivity contribution in [2.24, 2.45) is 0 Å². The Hall–Kier alpha value is -1.42. The van der Waals surface area contributed by atoms with Gasteiger partial charge in [-0.05, 0) is 26.2 Å². The van der Waals surface area contributed by atoms with Crippen LogP contribution in [-0.4, -0.2) is 35.9 Å². The van der Waals surface area contributed by atoms with Gasteiger partial charge in [0.15, 0.2) is 5.78 Å². The minimum atomic E-state index is -0.184. The van der Waals surface area contributed by atoms with E-state index in [1.165, 1.54) is 0 Å². The highest BCUT2D eigenvalue weighted by atomic mass is 16.1. The standard InChI is InChI=1S/C12H18N2O2/c1-4-11(15)10-6-5-7-14(12(10)16)9-8-13(2)3/h5-7H,4,8-9H2,1-3H3. The second-order valence-electron chi connectivity index (χ2n) is 4.00. The molecular weight excluding hydrogens is 204 g/mol. The van der Waals surface area contributed by atoms with Crippen LogP contribution in [0, 0.1) is 0 Å². The van der Waals surface area contributed by atoms with Crippen LogP contribution < -0.4 is 5.56 Å². The largest absolute Gasteiger partial charge is 0.314 e. The summed E-state index contributed by atoms with van der Waals surface area (Å²) in [6.07, 6.45) is 2.09. The summed E-state index contributed by atoms with van der Waals surface area (Å²) in [5.41, 5.74) is 0.111. The first-order valence-electron chi connectivity index (χ1n) is 5.43. The number of ketones is 1. The van der Waals surface area contributed by atoms with E-state index in [2.05, 4.69) is 0 Å². The summed E-state index contributed by atoms with van der Waals surface area (Å²) < 4.78 is 1.59. The molecule has 0 aromatic carbocycles. The van der Waals surface area contributed by atoms with Crippen LogP contribution in [0.25, 0.3) is 0 Å². The third kappa shape index (κ3) is 3.03. The maximum absolute atomic E-state index is 11.9. The Bertz CT molecular complexity index is 421. The Morgan fingerprint density at radius 2 is 2.12 bits per heavy atom. The highest BCUT2D eigenvalue weighted by Gasteiger charge is 2.09. The van der Waals surface area contributed by atoms with Gasteiger partial charge in [-0.2, -0.15) is 0 Å². The molecule has 0 aliphatic rings. The number of carbonyl (C=O) groups excluding carboxylic acids is 1. The zero-order valence-electron chi connectivity index (χ0n) is 10.1. The zero-order chi connectivity index (χ0) is 12.1. The van der Waals surface area contributed by atoms with Gasteiger partial charge in [0.1, 0.15) is 0 Å². The monoisotopic (exact) mass is 222 g/mol. The summed E-state index contributed by atoms with van der Waals surface area (Å²) in [7, 11) is 3.90. The third-order valence-corrected chi connectivity index (χ3v) is 2.43. The Morgan fingerprint density at radius 3 is 2.69 bits per heavy atom. The van der Waals surface area contributed by atoms with E-state index in [-0.39, 0.29) is 11.3 Å². The van der Waals surface area contributed by atoms with E-state index in [4.69, 9.17) is 0 Å². The topological polar surface area (TPSA) is 42.3 Å². The molecule has 4 nitrogen and oxygen atoms in total. The molecule has 0 N–H and O–H groups in total. The smallest absolute Gasteiger partial charge is 0.261 e. The minimum Gasteiger partial charge on any atom is -0.314 e. The summed E-state index contributed by atoms with van der Waals surface area (Å²) in [4.78, 5) is 25.4. The summed E-state index contributed by atoms with van der Waals surface area (Å²) in [6.45, 7) is 3.15. The highest BCUT2D eigenvalue weighted by Crippen LogP contribution is 1.97. The number of aromatic nitrogens is 1. The molecule has 1 heterocycles. The molecular formula is C12H18N2O2. The van der Waals surface area contributed by atoms with Crippen LogP contribution in [0.3, 0.4) is 0 Å². The molecule has 88 valence electrons. The van der Waals surface area contributed by atoms with E-state index in [1.54, 1.807) is 29.8 Å². The average molecular weight is 222 g/mol. The summed E-state index contributed by atoms with van der Waals surface area (Å²) >= 11 is 0. The lowest BCUT2D eigenvalue weighted by molar-refractivity contribution is 0.0986. The first kappa shape index (κ1) is 12.6. The van der Waals surface area contributed by atoms with Gasteiger partial charge in [0.2, 0.25) is 0 Å². The lowest BCUT2D eigenvalue weighted by Gasteiger charge is -2.11. The molecule has 0 saturated carbocycles. The predicted octanol–water partition coefficient (Wildman–Crippen LogP) is 1.00. The molecule has 1 rings (SSSR count). The lowest BCUT2D eigenvalue weighted by Crippen LogP contribution is -2.29. The number of hydrogen-bond donors (Lipinski definition) is 0. The molecule has 16 heavy (non-hydrogen) atoms. The number of pyridine rings is 1. The number of likely N-dealkylation sites (N-methyl/N-ethyl adjacent to an activating group) is 1. The molecule has 0 radical (unpaired) electrons. The number of hydrogen-bond acceptors (Lipinski definition) is 3. The Labute approximate surface area is 95.5 Å². The van der Waals surface area contributed by atoms with Crippen molar-refractivity contribution < 1.29 is 4.79 Å². The van der Waals surface area contributed by atoms with E-state index in [0.29, 0.717) is 18.5 Å². The fourth-order valence-corrected chi connectivity index (χ4v) is 1.42. The van der Waals surface area contributed by atoms with E-state index >= 15 is 0 Å². The van der Waals surface area contributed by atoms with Crippen molar-refractivity contribution in [3.05, 3.63) is 34.2 Å². The lowest BCUT2D eigenvalue weighted by atomic mass is 10.1. The van der Waals surface area contributed by atoms with Gasteiger partial charge in [-0.1, -0.05) is 6.92 Å². The van der Waals surface area contributed by atoms with Crippen molar-refractivity contribution in [3.63, 3.8) is 0 Å². The Kier molecular flexibility index (Phi) is 4.43. The molecule has 0 atom stereocenters. The van der Waals surface area contributed by atoms with Crippen LogP contribution >= 0.6 is 0 Å². The fraction of sp³-hybridized carbons (Fsp3) is 0.500. The van der Waals surface area contributed by atoms with Crippen LogP contribution in [0.2, 0.25) is 0 Å². The fourth-order valence-electron chi connectivity index (χ4n) is 1.42. The van der Waals surface area contributed by atoms with Gasteiger partial charge < -0.3 is 9.47 Å². The van der Waals surface area contributed by atoms with Gasteiger partial charge in [0.05, 0.1) is 5.56 Å². The van der Waals surface area contributed by atoms with Crippen molar-refractivity contribution in [1.82, 2.24) is 9.47 Å². The predicted molar refractivity (Wildman–Crippen MR) is 63.9 cm³/mol. The molecule has 1 aromatic rings. The molecule has 1 aromatic heterocycles. The maximum Gasteiger partial charge on any atom is 0.261 e. The first-order chi connectivity index (χ1) is 7.56. The molecule has 4 heteroatoms. The second-order valence-corrected chi connectivity index (χ2v) is 4.00. The van der Waals surface area contributed by atoms with Gasteiger partial charge >= 0.3 is 0 Å². The van der Waals surface area contributed by atoms with Gasteiger partial charge in [0.25, 0.3) is 5.56 Å². The SMILES string of the molecule is CCC(=O)c1cccn(CCN(C)C)c1=O. The van der Waals surface area contributed by atoms with E-state index in [1.807, 2.05) is 19.0 Å². The molecule has 0 unspecified atom stereocenters. The quantitative estimate of drug-likeness (QED) is 0.698. The Balaban J connectivity index is 2.95. The molecule has 0 saturated heterocycles. The second kappa shape index (κ2) is 5.61. The minimum absolute atomic E-state index is 0.0933. The molecule has 0 bridgehead atoms. The van der Waals surface area contributed by atoms with Crippen molar-refractivity contribution in [2.45, 2.75) is 19.9 Å². The van der Waals surface area contributed by atoms with Crippen LogP contribution in [0.1, 0.15) is 23.7 Å². The van der Waals surface area contributed by atoms with Crippen molar-refractivity contribution in [2.75, 3.05) is 20.6 Å². The van der Waals surface area contributed by atoms with Gasteiger partial charge in [-0.15, -0.1) is 0 Å². The summed E-state index contributed by atoms with van der Waals surface area (Å²) in [5, 5.41) is 0. The van der Waals surface area contributed by atoms with E-state index < -0.39 is 0 Å². The number of nitrogens with zero attached hydrogens (tertiary/aromatic N) is 2. The van der Waals surface area contributed by atoms with Crippen LogP contribution in [-0.2, 0) is 6.54 Å². The molecule has 0 amide bonds. The van der Waals surface area contributed by atoms with Crippen LogP contribution in [0.15, 0.2) is 23.1 Å². The van der Waals surface area contributed by atoms with Gasteiger partial charge in [-0.25, -0.2) is 0 Å². The highest BCUT2D eigenvalue weighted by molar-refractivity contribution is 5.95. The zero-order valence-corrected chi connectivity index (χ0v) is 10.1. The average Bonchev–Trinajstić information content (AvgIpc) is 2.26. The first-order valence-corrected chi connectivity index (χ1v) is 5.43. The number of Topliss-reactive ketones (excluding diaryl/α,β-unsaturated/α-hetero) is 1. The summed E-state index contributed by atoms with van der Waals surface area (Å²) in [5.74, 6) is -0.0933. The summed E-state index contributed by atoms with van der Waals surface area (Å²) in [6, 6.07) is 3.35. The Morgan fingerprint density at radius 1 is 1.44 bits per heavy atom. The van der Waals surface area contributed by atoms with E-state index in [9.17, 15) is 9.59 Å². The van der Waals surface area contributed by atoms with Crippen LogP contribution in [0.4, 0.5) is 0 Å². The third-order valence-electron chi connectivity index (χ3n) is 2.43. The normalized spacial score (nSPS) is 10.8. The van der Waals surface area contributed by atoms with Gasteiger partial charge in [-0.3, -0.25) is 9.59 Å². The molecule has 0 aliphatic carbocycles. The number of rotatable bonds is 5.